The van der Waals surface area contributed by atoms with Crippen molar-refractivity contribution >= 4 is 35.5 Å². The highest BCUT2D eigenvalue weighted by Crippen LogP contribution is 2.22. The van der Waals surface area contributed by atoms with Crippen molar-refractivity contribution in [1.82, 2.24) is 0 Å². The van der Waals surface area contributed by atoms with Crippen molar-refractivity contribution in [2.75, 3.05) is 0 Å². The van der Waals surface area contributed by atoms with E-state index in [-0.39, 0.29) is 5.57 Å². The van der Waals surface area contributed by atoms with Gasteiger partial charge in [0.25, 0.3) is 0 Å². The van der Waals surface area contributed by atoms with Gasteiger partial charge in [0.2, 0.25) is 0 Å². The van der Waals surface area contributed by atoms with Crippen LogP contribution < -0.4 is 0 Å². The van der Waals surface area contributed by atoms with Crippen LogP contribution in [0.4, 0.5) is 0 Å². The van der Waals surface area contributed by atoms with Crippen LogP contribution >= 0.6 is 23.2 Å². The molecule has 1 N–H and O–H groups in total. The van der Waals surface area contributed by atoms with Gasteiger partial charge >= 0.3 is 0 Å². The molecule has 1 rings (SSSR count). The summed E-state index contributed by atoms with van der Waals surface area (Å²) in [4.78, 5) is 0. The van der Waals surface area contributed by atoms with Crippen molar-refractivity contribution in [3.05, 3.63) is 39.4 Å². The first-order valence-electron chi connectivity index (χ1n) is 3.74. The fourth-order valence-electron chi connectivity index (χ4n) is 0.899. The van der Waals surface area contributed by atoms with E-state index in [4.69, 9.17) is 33.9 Å². The fourth-order valence-corrected chi connectivity index (χ4v) is 1.25. The van der Waals surface area contributed by atoms with Crippen molar-refractivity contribution in [2.24, 2.45) is 0 Å². The maximum atomic E-state index is 8.60. The zero-order chi connectivity index (χ0) is 10.6. The predicted molar refractivity (Wildman–Crippen MR) is 58.8 cm³/mol. The van der Waals surface area contributed by atoms with Gasteiger partial charge in [-0.05, 0) is 29.8 Å². The van der Waals surface area contributed by atoms with Crippen LogP contribution in [0, 0.1) is 16.7 Å². The molecule has 0 heterocycles. The maximum absolute atomic E-state index is 8.60. The summed E-state index contributed by atoms with van der Waals surface area (Å²) < 4.78 is 0. The Balaban J connectivity index is 3.20. The number of hydrogen-bond acceptors (Lipinski definition) is 2. The number of benzene rings is 1. The SMILES string of the molecule is N#C/C(C=N)=C/c1cc(Cl)ccc1Cl. The first-order valence-corrected chi connectivity index (χ1v) is 4.50. The highest BCUT2D eigenvalue weighted by Gasteiger charge is 1.99. The van der Waals surface area contributed by atoms with E-state index in [2.05, 4.69) is 0 Å². The van der Waals surface area contributed by atoms with Crippen LogP contribution in [-0.4, -0.2) is 6.21 Å². The van der Waals surface area contributed by atoms with Gasteiger partial charge in [-0.1, -0.05) is 23.2 Å². The van der Waals surface area contributed by atoms with E-state index >= 15 is 0 Å². The maximum Gasteiger partial charge on any atom is 0.101 e. The summed E-state index contributed by atoms with van der Waals surface area (Å²) >= 11 is 11.6. The van der Waals surface area contributed by atoms with Gasteiger partial charge in [-0.15, -0.1) is 0 Å². The van der Waals surface area contributed by atoms with E-state index in [1.807, 2.05) is 6.07 Å². The Morgan fingerprint density at radius 1 is 1.43 bits per heavy atom. The van der Waals surface area contributed by atoms with Crippen molar-refractivity contribution in [2.45, 2.75) is 0 Å². The molecule has 0 spiro atoms. The number of nitriles is 1. The number of nitrogens with one attached hydrogen (secondary N) is 1. The molecule has 0 aliphatic rings. The van der Waals surface area contributed by atoms with Crippen LogP contribution in [0.5, 0.6) is 0 Å². The standard InChI is InChI=1S/C10H6Cl2N2/c11-9-1-2-10(12)8(4-9)3-7(5-13)6-14/h1-5,13H/b7-3+,13-5?. The van der Waals surface area contributed by atoms with Crippen molar-refractivity contribution in [3.8, 4) is 6.07 Å². The van der Waals surface area contributed by atoms with Gasteiger partial charge in [-0.3, -0.25) is 0 Å². The number of allylic oxidation sites excluding steroid dienone is 1. The zero-order valence-corrected chi connectivity index (χ0v) is 8.60. The second-order valence-electron chi connectivity index (χ2n) is 2.52. The second-order valence-corrected chi connectivity index (χ2v) is 3.37. The van der Waals surface area contributed by atoms with Crippen LogP contribution in [0.25, 0.3) is 6.08 Å². The minimum absolute atomic E-state index is 0.231. The number of hydrogen-bond donors (Lipinski definition) is 1. The Labute approximate surface area is 91.9 Å². The lowest BCUT2D eigenvalue weighted by atomic mass is 10.1. The average molecular weight is 225 g/mol. The molecule has 0 amide bonds. The summed E-state index contributed by atoms with van der Waals surface area (Å²) in [5, 5.41) is 16.6. The van der Waals surface area contributed by atoms with Crippen LogP contribution in [0.2, 0.25) is 10.0 Å². The minimum atomic E-state index is 0.231. The van der Waals surface area contributed by atoms with Crippen molar-refractivity contribution in [1.29, 1.82) is 10.7 Å². The van der Waals surface area contributed by atoms with E-state index in [0.29, 0.717) is 15.6 Å². The molecule has 70 valence electrons. The highest BCUT2D eigenvalue weighted by molar-refractivity contribution is 6.34. The minimum Gasteiger partial charge on any atom is -0.307 e. The number of rotatable bonds is 2. The summed E-state index contributed by atoms with van der Waals surface area (Å²) in [5.41, 5.74) is 0.869. The summed E-state index contributed by atoms with van der Waals surface area (Å²) in [6.45, 7) is 0. The summed E-state index contributed by atoms with van der Waals surface area (Å²) in [5.74, 6) is 0. The largest absolute Gasteiger partial charge is 0.307 e. The first kappa shape index (κ1) is 10.8. The van der Waals surface area contributed by atoms with E-state index in [0.717, 1.165) is 6.21 Å². The van der Waals surface area contributed by atoms with Crippen molar-refractivity contribution < 1.29 is 0 Å². The van der Waals surface area contributed by atoms with Gasteiger partial charge in [-0.2, -0.15) is 5.26 Å². The Morgan fingerprint density at radius 3 is 2.71 bits per heavy atom. The van der Waals surface area contributed by atoms with Gasteiger partial charge in [0.1, 0.15) is 6.07 Å². The lowest BCUT2D eigenvalue weighted by molar-refractivity contribution is 1.50. The molecule has 0 fully saturated rings. The van der Waals surface area contributed by atoms with Gasteiger partial charge in [0.05, 0.1) is 5.57 Å². The zero-order valence-electron chi connectivity index (χ0n) is 7.09. The molecule has 0 aliphatic heterocycles. The molecule has 0 aromatic heterocycles. The molecule has 1 aromatic rings. The normalized spacial score (nSPS) is 10.8. The lowest BCUT2D eigenvalue weighted by Crippen LogP contribution is -1.81. The molecule has 0 bridgehead atoms. The molecule has 0 unspecified atom stereocenters. The fraction of sp³-hybridized carbons (Fsp3) is 0. The van der Waals surface area contributed by atoms with E-state index in [9.17, 15) is 0 Å². The van der Waals surface area contributed by atoms with E-state index in [1.165, 1.54) is 6.08 Å². The Kier molecular flexibility index (Phi) is 3.70. The van der Waals surface area contributed by atoms with Crippen LogP contribution in [0.1, 0.15) is 5.56 Å². The van der Waals surface area contributed by atoms with Crippen LogP contribution in [0.15, 0.2) is 23.8 Å². The van der Waals surface area contributed by atoms with E-state index in [1.54, 1.807) is 18.2 Å². The molecule has 0 saturated carbocycles. The molecule has 0 aliphatic carbocycles. The summed E-state index contributed by atoms with van der Waals surface area (Å²) in [6.07, 6.45) is 2.48. The number of nitrogens with zero attached hydrogens (tertiary/aromatic N) is 1. The van der Waals surface area contributed by atoms with Crippen LogP contribution in [0.3, 0.4) is 0 Å². The van der Waals surface area contributed by atoms with Crippen LogP contribution in [-0.2, 0) is 0 Å². The van der Waals surface area contributed by atoms with Gasteiger partial charge < -0.3 is 5.41 Å². The van der Waals surface area contributed by atoms with Gasteiger partial charge in [0.15, 0.2) is 0 Å². The molecule has 1 aromatic carbocycles. The van der Waals surface area contributed by atoms with Gasteiger partial charge in [0, 0.05) is 16.3 Å². The molecular weight excluding hydrogens is 219 g/mol. The summed E-state index contributed by atoms with van der Waals surface area (Å²) in [6, 6.07) is 6.82. The first-order chi connectivity index (χ1) is 6.67. The predicted octanol–water partition coefficient (Wildman–Crippen LogP) is 3.55. The highest BCUT2D eigenvalue weighted by atomic mass is 35.5. The molecule has 0 saturated heterocycles. The molecule has 2 nitrogen and oxygen atoms in total. The third kappa shape index (κ3) is 2.59. The summed E-state index contributed by atoms with van der Waals surface area (Å²) in [7, 11) is 0. The molecular formula is C10H6Cl2N2. The molecule has 4 heteroatoms. The quantitative estimate of drug-likeness (QED) is 0.607. The third-order valence-electron chi connectivity index (χ3n) is 1.55. The Bertz CT molecular complexity index is 430. The topological polar surface area (TPSA) is 47.6 Å². The second kappa shape index (κ2) is 4.80. The third-order valence-corrected chi connectivity index (χ3v) is 2.13. The van der Waals surface area contributed by atoms with Crippen molar-refractivity contribution in [3.63, 3.8) is 0 Å². The monoisotopic (exact) mass is 224 g/mol. The smallest absolute Gasteiger partial charge is 0.101 e. The Morgan fingerprint density at radius 2 is 2.14 bits per heavy atom. The van der Waals surface area contributed by atoms with Gasteiger partial charge in [-0.25, -0.2) is 0 Å². The molecule has 14 heavy (non-hydrogen) atoms. The van der Waals surface area contributed by atoms with E-state index < -0.39 is 0 Å². The Hall–Kier alpha value is -1.30. The average Bonchev–Trinajstić information content (AvgIpc) is 2.19. The number of halogens is 2. The molecule has 0 radical (unpaired) electrons. The molecule has 0 atom stereocenters. The lowest BCUT2D eigenvalue weighted by Gasteiger charge is -1.98.